The fourth-order valence-corrected chi connectivity index (χ4v) is 3.77. The zero-order chi connectivity index (χ0) is 19.3. The molecule has 2 aromatic rings. The molecule has 0 amide bonds. The van der Waals surface area contributed by atoms with Crippen molar-refractivity contribution in [3.8, 4) is 11.4 Å². The molecule has 7 nitrogen and oxygen atoms in total. The summed E-state index contributed by atoms with van der Waals surface area (Å²) in [4.78, 5) is 12.3. The Kier molecular flexibility index (Phi) is 6.04. The average Bonchev–Trinajstić information content (AvgIpc) is 2.74. The number of ether oxygens (including phenoxy) is 1. The van der Waals surface area contributed by atoms with Crippen molar-refractivity contribution in [3.05, 3.63) is 35.5 Å². The third kappa shape index (κ3) is 4.11. The summed E-state index contributed by atoms with van der Waals surface area (Å²) in [6.45, 7) is 10.2. The van der Waals surface area contributed by atoms with Crippen LogP contribution in [0.25, 0.3) is 11.4 Å². The number of nitrogens with zero attached hydrogens (tertiary/aromatic N) is 3. The first-order valence-corrected chi connectivity index (χ1v) is 10.3. The normalized spacial score (nSPS) is 19.4. The number of nitrogens with one attached hydrogen (secondary N) is 3. The molecule has 0 aliphatic carbocycles. The van der Waals surface area contributed by atoms with E-state index in [9.17, 15) is 0 Å². The molecule has 4 rings (SSSR count). The highest BCUT2D eigenvalue weighted by Gasteiger charge is 2.26. The third-order valence-corrected chi connectivity index (χ3v) is 5.37. The summed E-state index contributed by atoms with van der Waals surface area (Å²) < 4.78 is 5.64. The van der Waals surface area contributed by atoms with Crippen molar-refractivity contribution < 1.29 is 4.74 Å². The number of morpholine rings is 1. The van der Waals surface area contributed by atoms with Gasteiger partial charge in [-0.25, -0.2) is 9.97 Å². The minimum atomic E-state index is 0.327. The summed E-state index contributed by atoms with van der Waals surface area (Å²) in [6, 6.07) is 8.70. The number of aromatic nitrogens is 2. The van der Waals surface area contributed by atoms with Gasteiger partial charge in [0.2, 0.25) is 0 Å². The van der Waals surface area contributed by atoms with Crippen LogP contribution < -0.4 is 20.9 Å². The minimum Gasteiger partial charge on any atom is -0.377 e. The number of hydrogen-bond acceptors (Lipinski definition) is 7. The summed E-state index contributed by atoms with van der Waals surface area (Å²) in [5, 5.41) is 10.1. The van der Waals surface area contributed by atoms with E-state index in [1.807, 2.05) is 0 Å². The molecule has 1 aromatic heterocycles. The van der Waals surface area contributed by atoms with Crippen molar-refractivity contribution in [3.63, 3.8) is 0 Å². The highest BCUT2D eigenvalue weighted by molar-refractivity contribution is 5.64. The topological polar surface area (TPSA) is 74.3 Å². The molecule has 0 spiro atoms. The predicted molar refractivity (Wildman–Crippen MR) is 113 cm³/mol. The van der Waals surface area contributed by atoms with Crippen molar-refractivity contribution in [1.82, 2.24) is 20.6 Å². The van der Waals surface area contributed by atoms with Crippen molar-refractivity contribution in [2.45, 2.75) is 32.9 Å². The molecule has 1 unspecified atom stereocenters. The van der Waals surface area contributed by atoms with Crippen LogP contribution in [0.5, 0.6) is 0 Å². The molecule has 3 heterocycles. The van der Waals surface area contributed by atoms with Gasteiger partial charge in [0.1, 0.15) is 5.82 Å². The van der Waals surface area contributed by atoms with Gasteiger partial charge < -0.3 is 25.6 Å². The fourth-order valence-electron chi connectivity index (χ4n) is 3.77. The molecule has 1 atom stereocenters. The summed E-state index contributed by atoms with van der Waals surface area (Å²) in [5.41, 5.74) is 4.55. The molecular formula is C21H30N6O. The molecule has 1 saturated heterocycles. The largest absolute Gasteiger partial charge is 0.377 e. The number of anilines is 2. The second-order valence-electron chi connectivity index (χ2n) is 7.37. The van der Waals surface area contributed by atoms with Crippen LogP contribution in [-0.4, -0.2) is 55.5 Å². The van der Waals surface area contributed by atoms with E-state index in [0.29, 0.717) is 6.04 Å². The van der Waals surface area contributed by atoms with Gasteiger partial charge in [-0.05, 0) is 50.7 Å². The molecule has 1 fully saturated rings. The number of hydrogen-bond donors (Lipinski definition) is 3. The maximum atomic E-state index is 5.64. The lowest BCUT2D eigenvalue weighted by Gasteiger charge is -2.36. The van der Waals surface area contributed by atoms with Crippen molar-refractivity contribution in [2.24, 2.45) is 0 Å². The Labute approximate surface area is 166 Å². The minimum absolute atomic E-state index is 0.327. The quantitative estimate of drug-likeness (QED) is 0.521. The average molecular weight is 383 g/mol. The Morgan fingerprint density at radius 1 is 1.25 bits per heavy atom. The lowest BCUT2D eigenvalue weighted by molar-refractivity contribution is 0.0984. The maximum absolute atomic E-state index is 5.64. The summed E-state index contributed by atoms with van der Waals surface area (Å²) in [6.07, 6.45) is 0.975. The van der Waals surface area contributed by atoms with Crippen molar-refractivity contribution >= 4 is 11.5 Å². The lowest BCUT2D eigenvalue weighted by Crippen LogP contribution is -2.45. The van der Waals surface area contributed by atoms with Gasteiger partial charge in [-0.15, -0.1) is 0 Å². The van der Waals surface area contributed by atoms with E-state index >= 15 is 0 Å². The number of fused-ring (bicyclic) bond motifs is 1. The monoisotopic (exact) mass is 382 g/mol. The van der Waals surface area contributed by atoms with Crippen molar-refractivity contribution in [2.75, 3.05) is 49.7 Å². The maximum Gasteiger partial charge on any atom is 0.161 e. The van der Waals surface area contributed by atoms with Crippen LogP contribution in [0.1, 0.15) is 25.1 Å². The number of benzene rings is 1. The van der Waals surface area contributed by atoms with Crippen LogP contribution in [0.2, 0.25) is 0 Å². The van der Waals surface area contributed by atoms with Gasteiger partial charge in [-0.1, -0.05) is 6.92 Å². The van der Waals surface area contributed by atoms with E-state index in [1.165, 1.54) is 5.56 Å². The Hall–Kier alpha value is -2.22. The van der Waals surface area contributed by atoms with Crippen LogP contribution in [0.15, 0.2) is 24.3 Å². The number of rotatable bonds is 6. The molecule has 2 aliphatic rings. The van der Waals surface area contributed by atoms with Crippen LogP contribution >= 0.6 is 0 Å². The molecule has 0 saturated carbocycles. The highest BCUT2D eigenvalue weighted by Crippen LogP contribution is 2.30. The first-order valence-electron chi connectivity index (χ1n) is 10.3. The Morgan fingerprint density at radius 2 is 2.11 bits per heavy atom. The molecule has 28 heavy (non-hydrogen) atoms. The van der Waals surface area contributed by atoms with Gasteiger partial charge in [-0.3, -0.25) is 0 Å². The third-order valence-electron chi connectivity index (χ3n) is 5.37. The summed E-state index contributed by atoms with van der Waals surface area (Å²) in [7, 11) is 0. The van der Waals surface area contributed by atoms with Crippen LogP contribution in [0, 0.1) is 0 Å². The molecule has 3 N–H and O–H groups in total. The van der Waals surface area contributed by atoms with Gasteiger partial charge in [0.25, 0.3) is 0 Å². The van der Waals surface area contributed by atoms with Crippen LogP contribution in [0.3, 0.4) is 0 Å². The van der Waals surface area contributed by atoms with E-state index in [2.05, 4.69) is 59.0 Å². The van der Waals surface area contributed by atoms with Gasteiger partial charge in [0.05, 0.1) is 31.6 Å². The summed E-state index contributed by atoms with van der Waals surface area (Å²) in [5.74, 6) is 1.89. The zero-order valence-electron chi connectivity index (χ0n) is 16.8. The Balaban J connectivity index is 1.64. The van der Waals surface area contributed by atoms with Crippen LogP contribution in [0.4, 0.5) is 11.5 Å². The van der Waals surface area contributed by atoms with Gasteiger partial charge in [-0.2, -0.15) is 0 Å². The molecule has 1 aromatic carbocycles. The second-order valence-corrected chi connectivity index (χ2v) is 7.37. The molecule has 7 heteroatoms. The molecule has 0 bridgehead atoms. The van der Waals surface area contributed by atoms with Crippen LogP contribution in [-0.2, 0) is 17.7 Å². The first-order chi connectivity index (χ1) is 13.8. The molecule has 0 radical (unpaired) electrons. The van der Waals surface area contributed by atoms with E-state index in [0.717, 1.165) is 81.1 Å². The lowest BCUT2D eigenvalue weighted by atomic mass is 10.0. The van der Waals surface area contributed by atoms with E-state index in [4.69, 9.17) is 14.7 Å². The SMILES string of the molecule is CCNCNc1ccc(-c2nc3c(c(N4CCOCC4C)n2)CCNC3)cc1. The van der Waals surface area contributed by atoms with Crippen molar-refractivity contribution in [1.29, 1.82) is 0 Å². The van der Waals surface area contributed by atoms with E-state index < -0.39 is 0 Å². The van der Waals surface area contributed by atoms with E-state index in [1.54, 1.807) is 0 Å². The van der Waals surface area contributed by atoms with Gasteiger partial charge in [0, 0.05) is 29.9 Å². The fraction of sp³-hybridized carbons (Fsp3) is 0.524. The first kappa shape index (κ1) is 19.1. The zero-order valence-corrected chi connectivity index (χ0v) is 16.8. The second kappa shape index (κ2) is 8.86. The van der Waals surface area contributed by atoms with Gasteiger partial charge in [0.15, 0.2) is 5.82 Å². The Morgan fingerprint density at radius 3 is 2.89 bits per heavy atom. The van der Waals surface area contributed by atoms with E-state index in [-0.39, 0.29) is 0 Å². The molecular weight excluding hydrogens is 352 g/mol. The van der Waals surface area contributed by atoms with Gasteiger partial charge >= 0.3 is 0 Å². The molecule has 150 valence electrons. The Bertz CT molecular complexity index is 794. The standard InChI is InChI=1S/C21H30N6O/c1-3-22-14-24-17-6-4-16(5-7-17)20-25-19-12-23-9-8-18(19)21(26-20)27-10-11-28-13-15(27)2/h4-7,15,22-24H,3,8-14H2,1-2H3. The smallest absolute Gasteiger partial charge is 0.161 e. The predicted octanol–water partition coefficient (Wildman–Crippen LogP) is 1.99. The summed E-state index contributed by atoms with van der Waals surface area (Å²) >= 11 is 0. The highest BCUT2D eigenvalue weighted by atomic mass is 16.5. The molecule has 2 aliphatic heterocycles.